The zero-order valence-corrected chi connectivity index (χ0v) is 16.8. The molecule has 0 amide bonds. The van der Waals surface area contributed by atoms with Crippen LogP contribution in [0.4, 0.5) is 0 Å². The Morgan fingerprint density at radius 2 is 1.17 bits per heavy atom. The van der Waals surface area contributed by atoms with Gasteiger partial charge >= 0.3 is 11.9 Å². The minimum atomic E-state index is -0.590. The van der Waals surface area contributed by atoms with Gasteiger partial charge in [0.2, 0.25) is 0 Å². The molecule has 2 aromatic carbocycles. The van der Waals surface area contributed by atoms with Crippen LogP contribution in [0.3, 0.4) is 0 Å². The number of hydrogen-bond acceptors (Lipinski definition) is 8. The standard InChI is InChI=1S/C22H24O8/c1-27-19-11-13(7-9-15(19)23)21(25)29-17-5-3-4-6-18(17)30-22(26)14-8-10-16(24)20(12-14)28-2/h7-12,17-18,23-24H,3-6H2,1-2H3/t17-,18?/m0/s1. The van der Waals surface area contributed by atoms with Gasteiger partial charge < -0.3 is 29.2 Å². The van der Waals surface area contributed by atoms with Crippen LogP contribution >= 0.6 is 0 Å². The van der Waals surface area contributed by atoms with Crippen molar-refractivity contribution in [3.05, 3.63) is 47.5 Å². The van der Waals surface area contributed by atoms with Crippen molar-refractivity contribution in [2.45, 2.75) is 37.9 Å². The lowest BCUT2D eigenvalue weighted by Gasteiger charge is -2.30. The van der Waals surface area contributed by atoms with Gasteiger partial charge in [-0.3, -0.25) is 0 Å². The van der Waals surface area contributed by atoms with Gasteiger partial charge in [-0.05, 0) is 62.1 Å². The first-order chi connectivity index (χ1) is 14.4. The van der Waals surface area contributed by atoms with E-state index in [1.807, 2.05) is 0 Å². The van der Waals surface area contributed by atoms with Crippen molar-refractivity contribution in [3.63, 3.8) is 0 Å². The zero-order valence-electron chi connectivity index (χ0n) is 16.8. The lowest BCUT2D eigenvalue weighted by molar-refractivity contribution is -0.0514. The van der Waals surface area contributed by atoms with Gasteiger partial charge in [-0.2, -0.15) is 0 Å². The molecule has 0 aliphatic heterocycles. The van der Waals surface area contributed by atoms with Crippen LogP contribution in [0, 0.1) is 0 Å². The molecule has 2 N–H and O–H groups in total. The second-order valence-electron chi connectivity index (χ2n) is 6.95. The number of phenolic OH excluding ortho intramolecular Hbond substituents is 2. The molecule has 8 nitrogen and oxygen atoms in total. The van der Waals surface area contributed by atoms with Crippen LogP contribution in [0.5, 0.6) is 23.0 Å². The molecule has 0 saturated heterocycles. The molecule has 2 atom stereocenters. The molecule has 1 aliphatic rings. The highest BCUT2D eigenvalue weighted by Crippen LogP contribution is 2.30. The second kappa shape index (κ2) is 9.39. The summed E-state index contributed by atoms with van der Waals surface area (Å²) in [5.74, 6) is -1.01. The van der Waals surface area contributed by atoms with E-state index >= 15 is 0 Å². The van der Waals surface area contributed by atoms with E-state index in [9.17, 15) is 19.8 Å². The Kier molecular flexibility index (Phi) is 6.66. The Bertz CT molecular complexity index is 848. The van der Waals surface area contributed by atoms with Gasteiger partial charge in [-0.1, -0.05) is 0 Å². The van der Waals surface area contributed by atoms with E-state index in [0.717, 1.165) is 12.8 Å². The highest BCUT2D eigenvalue weighted by atomic mass is 16.6. The summed E-state index contributed by atoms with van der Waals surface area (Å²) in [5, 5.41) is 19.4. The molecule has 160 valence electrons. The first-order valence-electron chi connectivity index (χ1n) is 9.59. The molecule has 1 saturated carbocycles. The minimum absolute atomic E-state index is 0.0807. The fraction of sp³-hybridized carbons (Fsp3) is 0.364. The first-order valence-corrected chi connectivity index (χ1v) is 9.59. The van der Waals surface area contributed by atoms with Crippen molar-refractivity contribution >= 4 is 11.9 Å². The van der Waals surface area contributed by atoms with E-state index in [0.29, 0.717) is 12.8 Å². The third-order valence-corrected chi connectivity index (χ3v) is 4.99. The molecule has 0 bridgehead atoms. The average molecular weight is 416 g/mol. The third kappa shape index (κ3) is 4.76. The van der Waals surface area contributed by atoms with Crippen LogP contribution in [0.2, 0.25) is 0 Å². The number of ether oxygens (including phenoxy) is 4. The van der Waals surface area contributed by atoms with E-state index < -0.39 is 24.1 Å². The molecule has 0 radical (unpaired) electrons. The van der Waals surface area contributed by atoms with Gasteiger partial charge in [-0.25, -0.2) is 9.59 Å². The predicted molar refractivity (Wildman–Crippen MR) is 106 cm³/mol. The fourth-order valence-corrected chi connectivity index (χ4v) is 3.35. The summed E-state index contributed by atoms with van der Waals surface area (Å²) in [5.41, 5.74) is 0.451. The smallest absolute Gasteiger partial charge is 0.338 e. The van der Waals surface area contributed by atoms with Crippen molar-refractivity contribution in [2.75, 3.05) is 14.2 Å². The number of hydrogen-bond donors (Lipinski definition) is 2. The summed E-state index contributed by atoms with van der Waals surface area (Å²) in [4.78, 5) is 25.1. The Hall–Kier alpha value is -3.42. The third-order valence-electron chi connectivity index (χ3n) is 4.99. The Morgan fingerprint density at radius 1 is 0.767 bits per heavy atom. The zero-order chi connectivity index (χ0) is 21.7. The number of carbonyl (C=O) groups excluding carboxylic acids is 2. The molecule has 0 spiro atoms. The minimum Gasteiger partial charge on any atom is -0.504 e. The molecule has 1 unspecified atom stereocenters. The Balaban J connectivity index is 1.70. The molecular weight excluding hydrogens is 392 g/mol. The van der Waals surface area contributed by atoms with Gasteiger partial charge in [-0.15, -0.1) is 0 Å². The molecular formula is C22H24O8. The monoisotopic (exact) mass is 416 g/mol. The second-order valence-corrected chi connectivity index (χ2v) is 6.95. The maximum absolute atomic E-state index is 12.6. The summed E-state index contributed by atoms with van der Waals surface area (Å²) in [6, 6.07) is 8.37. The maximum Gasteiger partial charge on any atom is 0.338 e. The molecule has 1 aliphatic carbocycles. The van der Waals surface area contributed by atoms with E-state index in [4.69, 9.17) is 18.9 Å². The van der Waals surface area contributed by atoms with Crippen molar-refractivity contribution in [2.24, 2.45) is 0 Å². The van der Waals surface area contributed by atoms with Crippen molar-refractivity contribution in [1.29, 1.82) is 0 Å². The molecule has 0 heterocycles. The van der Waals surface area contributed by atoms with Crippen LogP contribution < -0.4 is 9.47 Å². The van der Waals surface area contributed by atoms with Gasteiger partial charge in [0.1, 0.15) is 12.2 Å². The fourth-order valence-electron chi connectivity index (χ4n) is 3.35. The number of benzene rings is 2. The molecule has 1 fully saturated rings. The van der Waals surface area contributed by atoms with Gasteiger partial charge in [0, 0.05) is 0 Å². The summed E-state index contributed by atoms with van der Waals surface area (Å²) < 4.78 is 21.3. The van der Waals surface area contributed by atoms with E-state index in [1.165, 1.54) is 50.6 Å². The van der Waals surface area contributed by atoms with Crippen molar-refractivity contribution < 1.29 is 38.7 Å². The summed E-state index contributed by atoms with van der Waals surface area (Å²) in [6.07, 6.45) is 1.65. The molecule has 2 aromatic rings. The number of methoxy groups -OCH3 is 2. The van der Waals surface area contributed by atoms with Crippen LogP contribution in [0.1, 0.15) is 46.4 Å². The number of phenols is 2. The van der Waals surface area contributed by atoms with Crippen molar-refractivity contribution in [3.8, 4) is 23.0 Å². The predicted octanol–water partition coefficient (Wildman–Crippen LogP) is 3.44. The van der Waals surface area contributed by atoms with Crippen LogP contribution in [0.25, 0.3) is 0 Å². The van der Waals surface area contributed by atoms with Gasteiger partial charge in [0.05, 0.1) is 25.3 Å². The highest BCUT2D eigenvalue weighted by Gasteiger charge is 2.32. The normalized spacial score (nSPS) is 18.3. The first kappa shape index (κ1) is 21.3. The van der Waals surface area contributed by atoms with Crippen LogP contribution in [-0.2, 0) is 9.47 Å². The van der Waals surface area contributed by atoms with Crippen LogP contribution in [0.15, 0.2) is 36.4 Å². The summed E-state index contributed by atoms with van der Waals surface area (Å²) in [6.45, 7) is 0. The number of rotatable bonds is 6. The van der Waals surface area contributed by atoms with E-state index in [-0.39, 0.29) is 34.1 Å². The van der Waals surface area contributed by atoms with Gasteiger partial charge in [0.25, 0.3) is 0 Å². The largest absolute Gasteiger partial charge is 0.504 e. The van der Waals surface area contributed by atoms with Gasteiger partial charge in [0.15, 0.2) is 23.0 Å². The molecule has 30 heavy (non-hydrogen) atoms. The quantitative estimate of drug-likeness (QED) is 0.689. The molecule has 3 rings (SSSR count). The lowest BCUT2D eigenvalue weighted by Crippen LogP contribution is -2.37. The number of aromatic hydroxyl groups is 2. The molecule has 0 aromatic heterocycles. The number of esters is 2. The Labute approximate surface area is 173 Å². The topological polar surface area (TPSA) is 112 Å². The average Bonchev–Trinajstić information content (AvgIpc) is 2.75. The summed E-state index contributed by atoms with van der Waals surface area (Å²) >= 11 is 0. The SMILES string of the molecule is COc1cc(C(=O)OC2CCCC[C@@H]2OC(=O)c2ccc(O)c(OC)c2)ccc1O. The number of carbonyl (C=O) groups is 2. The summed E-state index contributed by atoms with van der Waals surface area (Å²) in [7, 11) is 2.78. The maximum atomic E-state index is 12.6. The van der Waals surface area contributed by atoms with Crippen molar-refractivity contribution in [1.82, 2.24) is 0 Å². The molecule has 8 heteroatoms. The lowest BCUT2D eigenvalue weighted by atomic mass is 9.94. The van der Waals surface area contributed by atoms with E-state index in [2.05, 4.69) is 0 Å². The van der Waals surface area contributed by atoms with Crippen LogP contribution in [-0.4, -0.2) is 48.6 Å². The van der Waals surface area contributed by atoms with E-state index in [1.54, 1.807) is 0 Å². The Morgan fingerprint density at radius 3 is 1.53 bits per heavy atom. The highest BCUT2D eigenvalue weighted by molar-refractivity contribution is 5.91.